The molecule has 1 fully saturated rings. The van der Waals surface area contributed by atoms with Crippen molar-refractivity contribution in [2.75, 3.05) is 5.73 Å². The first-order valence-corrected chi connectivity index (χ1v) is 7.53. The van der Waals surface area contributed by atoms with Gasteiger partial charge in [0.05, 0.1) is 16.1 Å². The van der Waals surface area contributed by atoms with Crippen molar-refractivity contribution >= 4 is 28.6 Å². The second-order valence-electron chi connectivity index (χ2n) is 5.87. The predicted molar refractivity (Wildman–Crippen MR) is 80.3 cm³/mol. The molecule has 1 heterocycles. The van der Waals surface area contributed by atoms with E-state index in [4.69, 9.17) is 17.3 Å². The van der Waals surface area contributed by atoms with Crippen LogP contribution in [0.4, 0.5) is 10.3 Å². The maximum atomic E-state index is 13.5. The fraction of sp³-hybridized carbons (Fsp3) is 0.533. The van der Waals surface area contributed by atoms with Crippen molar-refractivity contribution in [2.45, 2.75) is 45.6 Å². The quantitative estimate of drug-likeness (QED) is 0.913. The van der Waals surface area contributed by atoms with Crippen LogP contribution in [0, 0.1) is 11.2 Å². The molecule has 0 saturated heterocycles. The minimum atomic E-state index is -0.449. The summed E-state index contributed by atoms with van der Waals surface area (Å²) in [5.41, 5.74) is 7.73. The topological polar surface area (TPSA) is 43.8 Å². The van der Waals surface area contributed by atoms with E-state index in [0.717, 1.165) is 18.5 Å². The zero-order valence-electron chi connectivity index (χ0n) is 11.6. The Hall–Kier alpha value is -1.29. The van der Waals surface area contributed by atoms with Crippen LogP contribution in [0.1, 0.15) is 39.0 Å². The Labute approximate surface area is 122 Å². The molecule has 2 N–H and O–H groups in total. The highest BCUT2D eigenvalue weighted by Crippen LogP contribution is 2.43. The van der Waals surface area contributed by atoms with Crippen LogP contribution < -0.4 is 5.73 Å². The summed E-state index contributed by atoms with van der Waals surface area (Å²) < 4.78 is 15.5. The van der Waals surface area contributed by atoms with Crippen LogP contribution in [-0.4, -0.2) is 9.55 Å². The SMILES string of the molecule is CCC1(Cn2c(N)nc3cc(F)c(Cl)cc32)CCCC1. The van der Waals surface area contributed by atoms with Crippen LogP contribution in [0.25, 0.3) is 11.0 Å². The highest BCUT2D eigenvalue weighted by molar-refractivity contribution is 6.31. The lowest BCUT2D eigenvalue weighted by atomic mass is 9.83. The van der Waals surface area contributed by atoms with Gasteiger partial charge in [-0.2, -0.15) is 0 Å². The molecule has 3 nitrogen and oxygen atoms in total. The number of benzene rings is 1. The van der Waals surface area contributed by atoms with Gasteiger partial charge in [0.2, 0.25) is 5.95 Å². The Kier molecular flexibility index (Phi) is 3.36. The van der Waals surface area contributed by atoms with Crippen molar-refractivity contribution < 1.29 is 4.39 Å². The number of imidazole rings is 1. The third kappa shape index (κ3) is 2.16. The van der Waals surface area contributed by atoms with Gasteiger partial charge >= 0.3 is 0 Å². The number of hydrogen-bond acceptors (Lipinski definition) is 2. The first kappa shape index (κ1) is 13.7. The number of hydrogen-bond donors (Lipinski definition) is 1. The minimum absolute atomic E-state index is 0.121. The summed E-state index contributed by atoms with van der Waals surface area (Å²) in [5, 5.41) is 0.121. The molecule has 0 unspecified atom stereocenters. The second-order valence-corrected chi connectivity index (χ2v) is 6.28. The number of fused-ring (bicyclic) bond motifs is 1. The highest BCUT2D eigenvalue weighted by Gasteiger charge is 2.33. The molecule has 1 aromatic heterocycles. The van der Waals surface area contributed by atoms with Gasteiger partial charge in [0.15, 0.2) is 0 Å². The first-order chi connectivity index (χ1) is 9.54. The lowest BCUT2D eigenvalue weighted by Gasteiger charge is -2.28. The number of anilines is 1. The Balaban J connectivity index is 2.06. The van der Waals surface area contributed by atoms with Gasteiger partial charge in [-0.25, -0.2) is 9.37 Å². The lowest BCUT2D eigenvalue weighted by molar-refractivity contribution is 0.242. The van der Waals surface area contributed by atoms with Crippen LogP contribution in [-0.2, 0) is 6.54 Å². The molecule has 5 heteroatoms. The molecule has 20 heavy (non-hydrogen) atoms. The fourth-order valence-electron chi connectivity index (χ4n) is 3.39. The Morgan fingerprint density at radius 3 is 2.75 bits per heavy atom. The molecule has 1 saturated carbocycles. The molecule has 0 aliphatic heterocycles. The van der Waals surface area contributed by atoms with Crippen LogP contribution in [0.5, 0.6) is 0 Å². The largest absolute Gasteiger partial charge is 0.369 e. The maximum absolute atomic E-state index is 13.5. The van der Waals surface area contributed by atoms with Crippen molar-refractivity contribution in [3.63, 3.8) is 0 Å². The van der Waals surface area contributed by atoms with E-state index in [2.05, 4.69) is 11.9 Å². The monoisotopic (exact) mass is 295 g/mol. The summed E-state index contributed by atoms with van der Waals surface area (Å²) >= 11 is 5.90. The molecule has 108 valence electrons. The van der Waals surface area contributed by atoms with Gasteiger partial charge in [-0.1, -0.05) is 31.4 Å². The summed E-state index contributed by atoms with van der Waals surface area (Å²) in [6.07, 6.45) is 6.11. The maximum Gasteiger partial charge on any atom is 0.201 e. The van der Waals surface area contributed by atoms with E-state index in [0.29, 0.717) is 16.9 Å². The van der Waals surface area contributed by atoms with Crippen LogP contribution in [0.15, 0.2) is 12.1 Å². The van der Waals surface area contributed by atoms with Crippen LogP contribution >= 0.6 is 11.6 Å². The number of nitrogens with two attached hydrogens (primary N) is 1. The summed E-state index contributed by atoms with van der Waals surface area (Å²) in [6, 6.07) is 2.99. The fourth-order valence-corrected chi connectivity index (χ4v) is 3.55. The summed E-state index contributed by atoms with van der Waals surface area (Å²) in [6.45, 7) is 3.07. The molecule has 0 bridgehead atoms. The van der Waals surface area contributed by atoms with Crippen molar-refractivity contribution in [3.8, 4) is 0 Å². The number of aromatic nitrogens is 2. The number of halogens is 2. The van der Waals surface area contributed by atoms with Gasteiger partial charge in [-0.15, -0.1) is 0 Å². The molecule has 3 rings (SSSR count). The third-order valence-corrected chi connectivity index (χ3v) is 5.02. The van der Waals surface area contributed by atoms with E-state index in [1.54, 1.807) is 6.07 Å². The smallest absolute Gasteiger partial charge is 0.201 e. The first-order valence-electron chi connectivity index (χ1n) is 7.15. The average Bonchev–Trinajstić information content (AvgIpc) is 2.99. The van der Waals surface area contributed by atoms with E-state index >= 15 is 0 Å². The molecular formula is C15H19ClFN3. The van der Waals surface area contributed by atoms with Crippen LogP contribution in [0.2, 0.25) is 5.02 Å². The predicted octanol–water partition coefficient (Wildman–Crippen LogP) is 4.38. The average molecular weight is 296 g/mol. The molecule has 1 aliphatic carbocycles. The van der Waals surface area contributed by atoms with Crippen molar-refractivity contribution in [2.24, 2.45) is 5.41 Å². The van der Waals surface area contributed by atoms with E-state index in [1.807, 2.05) is 4.57 Å². The zero-order valence-corrected chi connectivity index (χ0v) is 12.4. The van der Waals surface area contributed by atoms with E-state index < -0.39 is 5.82 Å². The molecule has 0 radical (unpaired) electrons. The van der Waals surface area contributed by atoms with Gasteiger partial charge in [-0.05, 0) is 30.7 Å². The molecule has 0 spiro atoms. The second kappa shape index (κ2) is 4.92. The Morgan fingerprint density at radius 2 is 2.10 bits per heavy atom. The van der Waals surface area contributed by atoms with Gasteiger partial charge in [0.25, 0.3) is 0 Å². The highest BCUT2D eigenvalue weighted by atomic mass is 35.5. The van der Waals surface area contributed by atoms with Crippen LogP contribution in [0.3, 0.4) is 0 Å². The van der Waals surface area contributed by atoms with Gasteiger partial charge in [0, 0.05) is 12.6 Å². The number of nitrogens with zero attached hydrogens (tertiary/aromatic N) is 2. The molecule has 1 aliphatic rings. The van der Waals surface area contributed by atoms with Gasteiger partial charge in [-0.3, -0.25) is 0 Å². The molecule has 0 atom stereocenters. The summed E-state index contributed by atoms with van der Waals surface area (Å²) in [7, 11) is 0. The van der Waals surface area contributed by atoms with E-state index in [1.165, 1.54) is 31.7 Å². The molecular weight excluding hydrogens is 277 g/mol. The molecule has 2 aromatic rings. The Morgan fingerprint density at radius 1 is 1.40 bits per heavy atom. The van der Waals surface area contributed by atoms with Crippen molar-refractivity contribution in [1.82, 2.24) is 9.55 Å². The summed E-state index contributed by atoms with van der Waals surface area (Å²) in [4.78, 5) is 4.26. The lowest BCUT2D eigenvalue weighted by Crippen LogP contribution is -2.23. The minimum Gasteiger partial charge on any atom is -0.369 e. The van der Waals surface area contributed by atoms with Crippen molar-refractivity contribution in [1.29, 1.82) is 0 Å². The summed E-state index contributed by atoms with van der Waals surface area (Å²) in [5.74, 6) is -0.00344. The Bertz CT molecular complexity index is 644. The normalized spacial score (nSPS) is 17.9. The molecule has 0 amide bonds. The van der Waals surface area contributed by atoms with Gasteiger partial charge in [0.1, 0.15) is 5.82 Å². The number of rotatable bonds is 3. The van der Waals surface area contributed by atoms with Gasteiger partial charge < -0.3 is 10.3 Å². The van der Waals surface area contributed by atoms with E-state index in [9.17, 15) is 4.39 Å². The number of nitrogen functional groups attached to an aromatic ring is 1. The third-order valence-electron chi connectivity index (χ3n) is 4.73. The van der Waals surface area contributed by atoms with Crippen molar-refractivity contribution in [3.05, 3.63) is 23.0 Å². The standard InChI is InChI=1S/C15H19ClFN3/c1-2-15(5-3-4-6-15)9-20-13-7-10(16)11(17)8-12(13)19-14(20)18/h7-8H,2-6,9H2,1H3,(H2,18,19). The van der Waals surface area contributed by atoms with E-state index in [-0.39, 0.29) is 5.02 Å². The molecule has 1 aromatic carbocycles. The zero-order chi connectivity index (χ0) is 14.3.